The van der Waals surface area contributed by atoms with Gasteiger partial charge in [0.25, 0.3) is 0 Å². The summed E-state index contributed by atoms with van der Waals surface area (Å²) in [6, 6.07) is 2.76. The quantitative estimate of drug-likeness (QED) is 0.597. The molecule has 0 amide bonds. The molecular formula is C10H13N3O4. The minimum Gasteiger partial charge on any atom is -0.481 e. The van der Waals surface area contributed by atoms with E-state index in [0.717, 1.165) is 0 Å². The van der Waals surface area contributed by atoms with Gasteiger partial charge in [-0.2, -0.15) is 0 Å². The molecule has 0 bridgehead atoms. The predicted octanol–water partition coefficient (Wildman–Crippen LogP) is 1.65. The molecule has 1 aromatic heterocycles. The lowest BCUT2D eigenvalue weighted by molar-refractivity contribution is -0.389. The van der Waals surface area contributed by atoms with Gasteiger partial charge >= 0.3 is 11.8 Å². The van der Waals surface area contributed by atoms with Crippen LogP contribution in [0, 0.1) is 10.1 Å². The number of nitro groups is 1. The molecule has 0 aliphatic heterocycles. The minimum absolute atomic E-state index is 0.0655. The van der Waals surface area contributed by atoms with Gasteiger partial charge in [-0.25, -0.2) is 0 Å². The molecule has 2 N–H and O–H groups in total. The van der Waals surface area contributed by atoms with Crippen LogP contribution < -0.4 is 5.32 Å². The lowest BCUT2D eigenvalue weighted by Gasteiger charge is -2.24. The molecule has 0 saturated carbocycles. The van der Waals surface area contributed by atoms with Crippen molar-refractivity contribution in [1.29, 1.82) is 0 Å². The average molecular weight is 239 g/mol. The normalized spacial score (nSPS) is 10.9. The number of carboxylic acids is 1. The first-order chi connectivity index (χ1) is 7.80. The second kappa shape index (κ2) is 4.77. The van der Waals surface area contributed by atoms with Crippen molar-refractivity contribution in [3.63, 3.8) is 0 Å². The second-order valence-electron chi connectivity index (χ2n) is 4.24. The summed E-state index contributed by atoms with van der Waals surface area (Å²) in [6.07, 6.45) is 1.24. The van der Waals surface area contributed by atoms with Crippen LogP contribution in [0.1, 0.15) is 20.3 Å². The molecule has 17 heavy (non-hydrogen) atoms. The molecule has 0 aromatic carbocycles. The molecule has 7 heteroatoms. The molecule has 0 unspecified atom stereocenters. The van der Waals surface area contributed by atoms with Crippen LogP contribution in [0.5, 0.6) is 0 Å². The van der Waals surface area contributed by atoms with Crippen LogP contribution in [-0.4, -0.2) is 26.5 Å². The summed E-state index contributed by atoms with van der Waals surface area (Å²) in [6.45, 7) is 3.45. The summed E-state index contributed by atoms with van der Waals surface area (Å²) in [5.74, 6) is -1.16. The number of nitrogens with zero attached hydrogens (tertiary/aromatic N) is 2. The first kappa shape index (κ1) is 12.9. The zero-order valence-electron chi connectivity index (χ0n) is 9.51. The first-order valence-electron chi connectivity index (χ1n) is 4.90. The van der Waals surface area contributed by atoms with Crippen molar-refractivity contribution in [1.82, 2.24) is 4.98 Å². The van der Waals surface area contributed by atoms with E-state index in [2.05, 4.69) is 10.3 Å². The van der Waals surface area contributed by atoms with Gasteiger partial charge in [-0.1, -0.05) is 0 Å². The van der Waals surface area contributed by atoms with E-state index in [0.29, 0.717) is 5.69 Å². The van der Waals surface area contributed by atoms with E-state index in [1.165, 1.54) is 18.3 Å². The smallest absolute Gasteiger partial charge is 0.363 e. The summed E-state index contributed by atoms with van der Waals surface area (Å²) in [7, 11) is 0. The third-order valence-corrected chi connectivity index (χ3v) is 2.01. The highest BCUT2D eigenvalue weighted by Crippen LogP contribution is 2.19. The highest BCUT2D eigenvalue weighted by Gasteiger charge is 2.22. The van der Waals surface area contributed by atoms with E-state index in [-0.39, 0.29) is 12.2 Å². The number of aliphatic carboxylic acids is 1. The predicted molar refractivity (Wildman–Crippen MR) is 60.8 cm³/mol. The van der Waals surface area contributed by atoms with Gasteiger partial charge in [0.2, 0.25) is 0 Å². The second-order valence-corrected chi connectivity index (χ2v) is 4.24. The van der Waals surface area contributed by atoms with Crippen LogP contribution in [0.2, 0.25) is 0 Å². The molecule has 92 valence electrons. The maximum Gasteiger partial charge on any atom is 0.363 e. The van der Waals surface area contributed by atoms with E-state index in [1.54, 1.807) is 13.8 Å². The van der Waals surface area contributed by atoms with Gasteiger partial charge in [-0.3, -0.25) is 4.79 Å². The van der Waals surface area contributed by atoms with Crippen LogP contribution in [0.15, 0.2) is 18.3 Å². The van der Waals surface area contributed by atoms with Crippen LogP contribution in [0.25, 0.3) is 0 Å². The van der Waals surface area contributed by atoms with Crippen molar-refractivity contribution < 1.29 is 14.8 Å². The van der Waals surface area contributed by atoms with Gasteiger partial charge in [-0.15, -0.1) is 0 Å². The number of aromatic nitrogens is 1. The zero-order chi connectivity index (χ0) is 13.1. The van der Waals surface area contributed by atoms with Crippen LogP contribution in [0.3, 0.4) is 0 Å². The Morgan fingerprint density at radius 3 is 2.65 bits per heavy atom. The third-order valence-electron chi connectivity index (χ3n) is 2.01. The summed E-state index contributed by atoms with van der Waals surface area (Å²) in [5.41, 5.74) is -0.106. The third kappa shape index (κ3) is 4.06. The molecule has 1 aromatic rings. The fraction of sp³-hybridized carbons (Fsp3) is 0.400. The Balaban J connectivity index is 2.75. The Labute approximate surface area is 97.6 Å². The SMILES string of the molecule is CC(C)(CC(=O)O)Nc1ccc([N+](=O)[O-])nc1. The van der Waals surface area contributed by atoms with Crippen molar-refractivity contribution >= 4 is 17.5 Å². The van der Waals surface area contributed by atoms with Crippen molar-refractivity contribution in [2.24, 2.45) is 0 Å². The molecule has 1 heterocycles. The van der Waals surface area contributed by atoms with Crippen molar-refractivity contribution in [3.8, 4) is 0 Å². The summed E-state index contributed by atoms with van der Waals surface area (Å²) >= 11 is 0. The molecule has 7 nitrogen and oxygen atoms in total. The fourth-order valence-corrected chi connectivity index (χ4v) is 1.38. The lowest BCUT2D eigenvalue weighted by Crippen LogP contribution is -2.33. The van der Waals surface area contributed by atoms with Gasteiger partial charge < -0.3 is 20.5 Å². The van der Waals surface area contributed by atoms with E-state index in [9.17, 15) is 14.9 Å². The number of hydrogen-bond donors (Lipinski definition) is 2. The molecule has 1 rings (SSSR count). The zero-order valence-corrected chi connectivity index (χ0v) is 9.51. The van der Waals surface area contributed by atoms with Gasteiger partial charge in [0.1, 0.15) is 0 Å². The largest absolute Gasteiger partial charge is 0.481 e. The topological polar surface area (TPSA) is 105 Å². The maximum absolute atomic E-state index is 10.6. The summed E-state index contributed by atoms with van der Waals surface area (Å²) in [5, 5.41) is 22.0. The Morgan fingerprint density at radius 1 is 1.59 bits per heavy atom. The number of nitrogens with one attached hydrogen (secondary N) is 1. The molecule has 0 atom stereocenters. The van der Waals surface area contributed by atoms with Crippen molar-refractivity contribution in [3.05, 3.63) is 28.4 Å². The van der Waals surface area contributed by atoms with E-state index in [1.807, 2.05) is 0 Å². The van der Waals surface area contributed by atoms with Crippen LogP contribution in [-0.2, 0) is 4.79 Å². The molecule has 0 fully saturated rings. The van der Waals surface area contributed by atoms with E-state index in [4.69, 9.17) is 5.11 Å². The summed E-state index contributed by atoms with van der Waals surface area (Å²) in [4.78, 5) is 24.0. The summed E-state index contributed by atoms with van der Waals surface area (Å²) < 4.78 is 0. The average Bonchev–Trinajstić information content (AvgIpc) is 2.15. The first-order valence-corrected chi connectivity index (χ1v) is 4.90. The minimum atomic E-state index is -0.919. The monoisotopic (exact) mass is 239 g/mol. The molecule has 0 aliphatic rings. The highest BCUT2D eigenvalue weighted by molar-refractivity contribution is 5.69. The fourth-order valence-electron chi connectivity index (χ4n) is 1.38. The standard InChI is InChI=1S/C10H13N3O4/c1-10(2,5-9(14)15)12-7-3-4-8(11-6-7)13(16)17/h3-4,6,12H,5H2,1-2H3,(H,14,15). The van der Waals surface area contributed by atoms with E-state index < -0.39 is 16.4 Å². The van der Waals surface area contributed by atoms with Gasteiger partial charge in [0.05, 0.1) is 12.1 Å². The molecule has 0 spiro atoms. The highest BCUT2D eigenvalue weighted by atomic mass is 16.6. The Bertz CT molecular complexity index is 428. The molecule has 0 radical (unpaired) electrons. The number of rotatable bonds is 5. The Morgan fingerprint density at radius 2 is 2.24 bits per heavy atom. The van der Waals surface area contributed by atoms with Crippen molar-refractivity contribution in [2.75, 3.05) is 5.32 Å². The van der Waals surface area contributed by atoms with Crippen LogP contribution >= 0.6 is 0 Å². The lowest BCUT2D eigenvalue weighted by atomic mass is 10.0. The van der Waals surface area contributed by atoms with Crippen molar-refractivity contribution in [2.45, 2.75) is 25.8 Å². The number of anilines is 1. The molecule has 0 aliphatic carbocycles. The Kier molecular flexibility index (Phi) is 3.62. The van der Waals surface area contributed by atoms with Gasteiger partial charge in [0.15, 0.2) is 6.20 Å². The Hall–Kier alpha value is -2.18. The van der Waals surface area contributed by atoms with Gasteiger partial charge in [-0.05, 0) is 29.8 Å². The van der Waals surface area contributed by atoms with Gasteiger partial charge in [0, 0.05) is 11.6 Å². The molecular weight excluding hydrogens is 226 g/mol. The number of pyridine rings is 1. The number of hydrogen-bond acceptors (Lipinski definition) is 5. The molecule has 0 saturated heterocycles. The number of carboxylic acid groups (broad SMARTS) is 1. The maximum atomic E-state index is 10.6. The van der Waals surface area contributed by atoms with E-state index >= 15 is 0 Å². The van der Waals surface area contributed by atoms with Crippen LogP contribution in [0.4, 0.5) is 11.5 Å². The number of carbonyl (C=O) groups is 1.